The number of carbonyl (C=O) groups is 1. The number of esters is 1. The van der Waals surface area contributed by atoms with E-state index in [0.717, 1.165) is 26.4 Å². The monoisotopic (exact) mass is 472 g/mol. The second kappa shape index (κ2) is 18.7. The minimum absolute atomic E-state index is 0.123. The average Bonchev–Trinajstić information content (AvgIpc) is 2.81. The van der Waals surface area contributed by atoms with Crippen LogP contribution in [0.4, 0.5) is 13.2 Å². The van der Waals surface area contributed by atoms with Gasteiger partial charge in [0, 0.05) is 0 Å². The molecule has 33 heavy (non-hydrogen) atoms. The molecule has 0 aliphatic carbocycles. The Morgan fingerprint density at radius 1 is 0.697 bits per heavy atom. The minimum Gasteiger partial charge on any atom is -0.491 e. The Bertz CT molecular complexity index is 665. The van der Waals surface area contributed by atoms with Crippen molar-refractivity contribution in [2.24, 2.45) is 0 Å². The maximum absolute atomic E-state index is 14.1. The Balaban J connectivity index is 1.97. The number of carbonyl (C=O) groups excluding carboxylic acids is 1. The van der Waals surface area contributed by atoms with Gasteiger partial charge in [-0.2, -0.15) is 4.39 Å². The third-order valence-electron chi connectivity index (χ3n) is 6.02. The quantitative estimate of drug-likeness (QED) is 0.108. The van der Waals surface area contributed by atoms with Crippen molar-refractivity contribution in [1.29, 1.82) is 0 Å². The maximum Gasteiger partial charge on any atom is 0.341 e. The molecule has 0 bridgehead atoms. The molecule has 1 aromatic rings. The van der Waals surface area contributed by atoms with Crippen molar-refractivity contribution >= 4 is 5.97 Å². The van der Waals surface area contributed by atoms with Gasteiger partial charge < -0.3 is 9.47 Å². The van der Waals surface area contributed by atoms with Gasteiger partial charge >= 0.3 is 5.97 Å². The molecule has 0 radical (unpaired) electrons. The summed E-state index contributed by atoms with van der Waals surface area (Å²) in [6, 6.07) is 0.504. The molecule has 0 saturated heterocycles. The molecule has 3 nitrogen and oxygen atoms in total. The van der Waals surface area contributed by atoms with Crippen LogP contribution in [0.2, 0.25) is 0 Å². The Morgan fingerprint density at radius 2 is 1.12 bits per heavy atom. The van der Waals surface area contributed by atoms with Gasteiger partial charge in [-0.3, -0.25) is 0 Å². The summed E-state index contributed by atoms with van der Waals surface area (Å²) >= 11 is 0. The van der Waals surface area contributed by atoms with E-state index in [1.165, 1.54) is 83.5 Å². The molecule has 1 aromatic carbocycles. The minimum atomic E-state index is -1.46. The van der Waals surface area contributed by atoms with Gasteiger partial charge in [-0.25, -0.2) is 13.6 Å². The summed E-state index contributed by atoms with van der Waals surface area (Å²) in [6.45, 7) is 2.38. The van der Waals surface area contributed by atoms with E-state index < -0.39 is 34.7 Å². The summed E-state index contributed by atoms with van der Waals surface area (Å²) in [5.41, 5.74) is -0.655. The number of benzene rings is 1. The molecule has 0 aliphatic heterocycles. The van der Waals surface area contributed by atoms with Gasteiger partial charge in [0.25, 0.3) is 0 Å². The van der Waals surface area contributed by atoms with Gasteiger partial charge in [0.05, 0.1) is 13.7 Å². The number of halogens is 3. The van der Waals surface area contributed by atoms with E-state index in [-0.39, 0.29) is 6.61 Å². The third-order valence-corrected chi connectivity index (χ3v) is 6.02. The zero-order valence-electron chi connectivity index (χ0n) is 20.7. The first-order valence-electron chi connectivity index (χ1n) is 12.9. The van der Waals surface area contributed by atoms with Crippen molar-refractivity contribution in [1.82, 2.24) is 0 Å². The van der Waals surface area contributed by atoms with Crippen LogP contribution in [0.25, 0.3) is 0 Å². The van der Waals surface area contributed by atoms with Crippen LogP contribution in [0.15, 0.2) is 6.07 Å². The van der Waals surface area contributed by atoms with E-state index in [9.17, 15) is 18.0 Å². The predicted octanol–water partition coefficient (Wildman–Crippen LogP) is 8.92. The van der Waals surface area contributed by atoms with Crippen molar-refractivity contribution in [3.63, 3.8) is 0 Å². The number of rotatable bonds is 20. The standard InChI is InChI=1S/C27H43F3O3/c1-3-4-5-6-7-8-9-10-11-12-13-14-15-16-17-18-19-20-33-27(31)22-21-23(28)25(30)26(32-2)24(22)29/h21H,3-20H2,1-2H3. The predicted molar refractivity (Wildman–Crippen MR) is 127 cm³/mol. The maximum atomic E-state index is 14.1. The Kier molecular flexibility index (Phi) is 16.6. The van der Waals surface area contributed by atoms with Gasteiger partial charge in [-0.1, -0.05) is 110 Å². The molecule has 0 aliphatic rings. The first kappa shape index (κ1) is 29.3. The third kappa shape index (κ3) is 12.4. The molecule has 0 heterocycles. The molecular formula is C27H43F3O3. The Morgan fingerprint density at radius 3 is 1.55 bits per heavy atom. The SMILES string of the molecule is CCCCCCCCCCCCCCCCCCCOC(=O)c1cc(F)c(F)c(OC)c1F. The van der Waals surface area contributed by atoms with E-state index in [0.29, 0.717) is 12.5 Å². The summed E-state index contributed by atoms with van der Waals surface area (Å²) in [5, 5.41) is 0. The molecule has 1 rings (SSSR count). The topological polar surface area (TPSA) is 35.5 Å². The van der Waals surface area contributed by atoms with E-state index in [1.54, 1.807) is 0 Å². The highest BCUT2D eigenvalue weighted by atomic mass is 19.2. The summed E-state index contributed by atoms with van der Waals surface area (Å²) in [7, 11) is 1.01. The number of hydrogen-bond donors (Lipinski definition) is 0. The van der Waals surface area contributed by atoms with Crippen molar-refractivity contribution < 1.29 is 27.4 Å². The summed E-state index contributed by atoms with van der Waals surface area (Å²) in [4.78, 5) is 12.0. The van der Waals surface area contributed by atoms with Crippen LogP contribution in [0, 0.1) is 17.5 Å². The van der Waals surface area contributed by atoms with Crippen molar-refractivity contribution in [3.8, 4) is 5.75 Å². The molecule has 0 amide bonds. The Labute approximate surface area is 198 Å². The van der Waals surface area contributed by atoms with Crippen LogP contribution < -0.4 is 4.74 Å². The summed E-state index contributed by atoms with van der Waals surface area (Å²) in [5.74, 6) is -5.98. The van der Waals surface area contributed by atoms with Gasteiger partial charge in [-0.05, 0) is 12.5 Å². The smallest absolute Gasteiger partial charge is 0.341 e. The second-order valence-corrected chi connectivity index (χ2v) is 8.86. The molecule has 0 aromatic heterocycles. The number of unbranched alkanes of at least 4 members (excludes halogenated alkanes) is 16. The molecule has 190 valence electrons. The summed E-state index contributed by atoms with van der Waals surface area (Å²) < 4.78 is 50.5. The van der Waals surface area contributed by atoms with Crippen LogP contribution in [-0.2, 0) is 4.74 Å². The van der Waals surface area contributed by atoms with Gasteiger partial charge in [0.2, 0.25) is 5.82 Å². The van der Waals surface area contributed by atoms with E-state index >= 15 is 0 Å². The van der Waals surface area contributed by atoms with Gasteiger partial charge in [0.15, 0.2) is 17.4 Å². The second-order valence-electron chi connectivity index (χ2n) is 8.86. The van der Waals surface area contributed by atoms with Crippen LogP contribution in [0.5, 0.6) is 5.75 Å². The fourth-order valence-corrected chi connectivity index (χ4v) is 3.98. The lowest BCUT2D eigenvalue weighted by Gasteiger charge is -2.09. The van der Waals surface area contributed by atoms with Crippen molar-refractivity contribution in [2.45, 2.75) is 116 Å². The number of methoxy groups -OCH3 is 1. The number of hydrogen-bond acceptors (Lipinski definition) is 3. The van der Waals surface area contributed by atoms with Crippen LogP contribution in [0.1, 0.15) is 126 Å². The van der Waals surface area contributed by atoms with Gasteiger partial charge in [0.1, 0.15) is 5.56 Å². The molecule has 0 spiro atoms. The first-order valence-corrected chi connectivity index (χ1v) is 12.9. The highest BCUT2D eigenvalue weighted by Gasteiger charge is 2.24. The normalized spacial score (nSPS) is 11.1. The lowest BCUT2D eigenvalue weighted by Crippen LogP contribution is -2.11. The first-order chi connectivity index (χ1) is 16.0. The lowest BCUT2D eigenvalue weighted by molar-refractivity contribution is 0.0490. The lowest BCUT2D eigenvalue weighted by atomic mass is 10.0. The van der Waals surface area contributed by atoms with Crippen LogP contribution >= 0.6 is 0 Å². The highest BCUT2D eigenvalue weighted by molar-refractivity contribution is 5.90. The molecule has 0 saturated carbocycles. The molecule has 0 fully saturated rings. The van der Waals surface area contributed by atoms with Crippen LogP contribution in [0.3, 0.4) is 0 Å². The fourth-order valence-electron chi connectivity index (χ4n) is 3.98. The van der Waals surface area contributed by atoms with Gasteiger partial charge in [-0.15, -0.1) is 0 Å². The van der Waals surface area contributed by atoms with Crippen molar-refractivity contribution in [3.05, 3.63) is 29.1 Å². The van der Waals surface area contributed by atoms with E-state index in [2.05, 4.69) is 11.7 Å². The summed E-state index contributed by atoms with van der Waals surface area (Å²) in [6.07, 6.45) is 21.3. The zero-order chi connectivity index (χ0) is 24.3. The van der Waals surface area contributed by atoms with Crippen molar-refractivity contribution in [2.75, 3.05) is 13.7 Å². The molecule has 0 unspecified atom stereocenters. The Hall–Kier alpha value is -1.72. The number of ether oxygens (including phenoxy) is 2. The average molecular weight is 473 g/mol. The molecule has 0 N–H and O–H groups in total. The largest absolute Gasteiger partial charge is 0.491 e. The molecular weight excluding hydrogens is 429 g/mol. The molecule has 6 heteroatoms. The zero-order valence-corrected chi connectivity index (χ0v) is 20.7. The molecule has 0 atom stereocenters. The van der Waals surface area contributed by atoms with Crippen LogP contribution in [-0.4, -0.2) is 19.7 Å². The van der Waals surface area contributed by atoms with E-state index in [4.69, 9.17) is 4.74 Å². The highest BCUT2D eigenvalue weighted by Crippen LogP contribution is 2.27. The fraction of sp³-hybridized carbons (Fsp3) is 0.741. The van der Waals surface area contributed by atoms with E-state index in [1.807, 2.05) is 0 Å².